The van der Waals surface area contributed by atoms with Crippen molar-refractivity contribution >= 4 is 29.0 Å². The number of rotatable bonds is 2. The topological polar surface area (TPSA) is 75.4 Å². The van der Waals surface area contributed by atoms with Gasteiger partial charge in [0.15, 0.2) is 0 Å². The number of primary amides is 1. The quantitative estimate of drug-likeness (QED) is 0.841. The van der Waals surface area contributed by atoms with E-state index < -0.39 is 23.2 Å². The van der Waals surface area contributed by atoms with Gasteiger partial charge in [-0.15, -0.1) is 0 Å². The molecule has 3 rings (SSSR count). The van der Waals surface area contributed by atoms with E-state index in [4.69, 9.17) is 5.73 Å². The molecule has 1 aliphatic heterocycles. The fourth-order valence-corrected chi connectivity index (χ4v) is 2.95. The Morgan fingerprint density at radius 3 is 2.38 bits per heavy atom. The maximum atomic E-state index is 13.0. The Balaban J connectivity index is 2.08. The molecule has 0 atom stereocenters. The van der Waals surface area contributed by atoms with E-state index in [0.717, 1.165) is 22.6 Å². The third-order valence-corrected chi connectivity index (χ3v) is 4.40. The number of fused-ring (bicyclic) bond motifs is 1. The maximum absolute atomic E-state index is 13.0. The number of amides is 3. The Hall–Kier alpha value is -3.03. The second-order valence-corrected chi connectivity index (χ2v) is 6.53. The molecule has 1 heterocycles. The van der Waals surface area contributed by atoms with Crippen LogP contribution in [0.3, 0.4) is 0 Å². The van der Waals surface area contributed by atoms with Gasteiger partial charge < -0.3 is 11.1 Å². The summed E-state index contributed by atoms with van der Waals surface area (Å²) in [6.07, 6.45) is -4.55. The molecule has 2 aromatic rings. The normalized spacial score (nSPS) is 15.3. The predicted octanol–water partition coefficient (Wildman–Crippen LogP) is 4.15. The van der Waals surface area contributed by atoms with Crippen molar-refractivity contribution in [3.8, 4) is 0 Å². The zero-order valence-electron chi connectivity index (χ0n) is 14.0. The van der Waals surface area contributed by atoms with Gasteiger partial charge in [-0.2, -0.15) is 13.2 Å². The van der Waals surface area contributed by atoms with Crippen molar-refractivity contribution in [3.05, 3.63) is 53.6 Å². The number of halogens is 3. The fraction of sp³-hybridized carbons (Fsp3) is 0.222. The van der Waals surface area contributed by atoms with E-state index in [1.165, 1.54) is 18.2 Å². The largest absolute Gasteiger partial charge is 0.416 e. The molecule has 26 heavy (non-hydrogen) atoms. The van der Waals surface area contributed by atoms with Crippen LogP contribution in [-0.4, -0.2) is 11.9 Å². The first-order chi connectivity index (χ1) is 12.0. The van der Waals surface area contributed by atoms with Gasteiger partial charge in [0, 0.05) is 5.69 Å². The van der Waals surface area contributed by atoms with Crippen molar-refractivity contribution in [1.82, 2.24) is 0 Å². The average molecular weight is 363 g/mol. The van der Waals surface area contributed by atoms with E-state index in [-0.39, 0.29) is 17.3 Å². The maximum Gasteiger partial charge on any atom is 0.416 e. The van der Waals surface area contributed by atoms with Crippen molar-refractivity contribution in [2.24, 2.45) is 5.73 Å². The number of carbonyl (C=O) groups is 2. The van der Waals surface area contributed by atoms with Crippen LogP contribution >= 0.6 is 0 Å². The fourth-order valence-electron chi connectivity index (χ4n) is 2.95. The number of hydrogen-bond donors (Lipinski definition) is 2. The molecule has 0 spiro atoms. The van der Waals surface area contributed by atoms with E-state index in [0.29, 0.717) is 5.69 Å². The molecule has 0 fully saturated rings. The number of alkyl halides is 3. The highest BCUT2D eigenvalue weighted by atomic mass is 19.4. The summed E-state index contributed by atoms with van der Waals surface area (Å²) in [7, 11) is 0. The minimum Gasteiger partial charge on any atom is -0.351 e. The predicted molar refractivity (Wildman–Crippen MR) is 91.3 cm³/mol. The summed E-state index contributed by atoms with van der Waals surface area (Å²) in [5.74, 6) is -0.200. The molecule has 2 aromatic carbocycles. The van der Waals surface area contributed by atoms with Crippen LogP contribution in [0.4, 0.5) is 35.0 Å². The SMILES string of the molecule is CC1(C)C(=O)Nc2cc(N(C(N)=O)c3cccc(C(F)(F)F)c3)ccc21. The van der Waals surface area contributed by atoms with Gasteiger partial charge in [0.2, 0.25) is 5.91 Å². The van der Waals surface area contributed by atoms with E-state index >= 15 is 0 Å². The van der Waals surface area contributed by atoms with Gasteiger partial charge in [0.1, 0.15) is 0 Å². The lowest BCUT2D eigenvalue weighted by atomic mass is 9.86. The van der Waals surface area contributed by atoms with Crippen molar-refractivity contribution in [2.45, 2.75) is 25.4 Å². The Morgan fingerprint density at radius 2 is 1.77 bits per heavy atom. The number of anilines is 3. The molecular weight excluding hydrogens is 347 g/mol. The summed E-state index contributed by atoms with van der Waals surface area (Å²) < 4.78 is 38.9. The molecule has 3 N–H and O–H groups in total. The van der Waals surface area contributed by atoms with Crippen LogP contribution in [0, 0.1) is 0 Å². The number of nitrogens with zero attached hydrogens (tertiary/aromatic N) is 1. The summed E-state index contributed by atoms with van der Waals surface area (Å²) in [5.41, 5.74) is 5.25. The van der Waals surface area contributed by atoms with E-state index in [1.54, 1.807) is 26.0 Å². The van der Waals surface area contributed by atoms with Gasteiger partial charge in [-0.25, -0.2) is 4.79 Å². The smallest absolute Gasteiger partial charge is 0.351 e. The van der Waals surface area contributed by atoms with Crippen molar-refractivity contribution in [3.63, 3.8) is 0 Å². The number of nitrogens with one attached hydrogen (secondary N) is 1. The molecule has 0 saturated heterocycles. The highest BCUT2D eigenvalue weighted by Gasteiger charge is 2.38. The molecule has 0 aliphatic carbocycles. The summed E-state index contributed by atoms with van der Waals surface area (Å²) in [4.78, 5) is 24.9. The molecule has 8 heteroatoms. The second kappa shape index (κ2) is 5.76. The number of carbonyl (C=O) groups excluding carboxylic acids is 2. The summed E-state index contributed by atoms with van der Waals surface area (Å²) >= 11 is 0. The number of benzene rings is 2. The van der Waals surface area contributed by atoms with Crippen molar-refractivity contribution in [2.75, 3.05) is 10.2 Å². The molecule has 0 bridgehead atoms. The van der Waals surface area contributed by atoms with Crippen molar-refractivity contribution < 1.29 is 22.8 Å². The molecule has 0 unspecified atom stereocenters. The second-order valence-electron chi connectivity index (χ2n) is 6.53. The van der Waals surface area contributed by atoms with Gasteiger partial charge in [-0.1, -0.05) is 12.1 Å². The van der Waals surface area contributed by atoms with Crippen LogP contribution in [0.15, 0.2) is 42.5 Å². The Kier molecular flexibility index (Phi) is 3.94. The zero-order valence-corrected chi connectivity index (χ0v) is 14.0. The summed E-state index contributed by atoms with van der Waals surface area (Å²) in [6.45, 7) is 3.51. The van der Waals surface area contributed by atoms with Crippen LogP contribution in [0.2, 0.25) is 0 Å². The molecule has 136 valence electrons. The lowest BCUT2D eigenvalue weighted by molar-refractivity contribution is -0.137. The first-order valence-corrected chi connectivity index (χ1v) is 7.74. The Morgan fingerprint density at radius 1 is 1.12 bits per heavy atom. The standard InChI is InChI=1S/C18H16F3N3O2/c1-17(2)13-7-6-12(9-14(13)23-15(17)25)24(16(22)26)11-5-3-4-10(8-11)18(19,20)21/h3-9H,1-2H3,(H2,22,26)(H,23,25). The van der Waals surface area contributed by atoms with E-state index in [9.17, 15) is 22.8 Å². The van der Waals surface area contributed by atoms with Gasteiger partial charge >= 0.3 is 12.2 Å². The van der Waals surface area contributed by atoms with Gasteiger partial charge in [-0.05, 0) is 49.7 Å². The van der Waals surface area contributed by atoms with E-state index in [2.05, 4.69) is 5.32 Å². The van der Waals surface area contributed by atoms with Gasteiger partial charge in [0.05, 0.1) is 22.4 Å². The monoisotopic (exact) mass is 363 g/mol. The van der Waals surface area contributed by atoms with Crippen LogP contribution in [0.1, 0.15) is 25.0 Å². The molecule has 0 aromatic heterocycles. The molecule has 0 radical (unpaired) electrons. The number of urea groups is 1. The Labute approximate surface area is 147 Å². The lowest BCUT2D eigenvalue weighted by Crippen LogP contribution is -2.31. The highest BCUT2D eigenvalue weighted by Crippen LogP contribution is 2.41. The van der Waals surface area contributed by atoms with Gasteiger partial charge in [-0.3, -0.25) is 9.69 Å². The first-order valence-electron chi connectivity index (χ1n) is 7.74. The third-order valence-electron chi connectivity index (χ3n) is 4.40. The zero-order chi connectivity index (χ0) is 19.3. The lowest BCUT2D eigenvalue weighted by Gasteiger charge is -2.23. The van der Waals surface area contributed by atoms with Crippen LogP contribution in [0.25, 0.3) is 0 Å². The number of nitrogens with two attached hydrogens (primary N) is 1. The van der Waals surface area contributed by atoms with Crippen LogP contribution in [0.5, 0.6) is 0 Å². The molecular formula is C18H16F3N3O2. The average Bonchev–Trinajstić information content (AvgIpc) is 2.76. The minimum absolute atomic E-state index is 0.0177. The molecule has 5 nitrogen and oxygen atoms in total. The Bertz CT molecular complexity index is 907. The summed E-state index contributed by atoms with van der Waals surface area (Å²) in [5, 5.41) is 2.71. The molecule has 0 saturated carbocycles. The minimum atomic E-state index is -4.55. The van der Waals surface area contributed by atoms with Crippen LogP contribution < -0.4 is 16.0 Å². The van der Waals surface area contributed by atoms with Gasteiger partial charge in [0.25, 0.3) is 0 Å². The molecule has 3 amide bonds. The van der Waals surface area contributed by atoms with Crippen LogP contribution in [-0.2, 0) is 16.4 Å². The van der Waals surface area contributed by atoms with E-state index in [1.807, 2.05) is 0 Å². The highest BCUT2D eigenvalue weighted by molar-refractivity contribution is 6.07. The summed E-state index contributed by atoms with van der Waals surface area (Å²) in [6, 6.07) is 8.11. The van der Waals surface area contributed by atoms with Crippen molar-refractivity contribution in [1.29, 1.82) is 0 Å². The number of hydrogen-bond acceptors (Lipinski definition) is 2. The first kappa shape index (κ1) is 17.8. The third kappa shape index (κ3) is 2.87. The molecule has 1 aliphatic rings.